The fourth-order valence-electron chi connectivity index (χ4n) is 5.08. The van der Waals surface area contributed by atoms with Crippen molar-refractivity contribution in [3.05, 3.63) is 65.2 Å². The van der Waals surface area contributed by atoms with Gasteiger partial charge < -0.3 is 19.9 Å². The number of carbonyl (C=O) groups excluding carboxylic acids is 2. The normalized spacial score (nSPS) is 21.5. The van der Waals surface area contributed by atoms with Gasteiger partial charge in [0.05, 0.1) is 19.1 Å². The highest BCUT2D eigenvalue weighted by molar-refractivity contribution is 6.01. The van der Waals surface area contributed by atoms with Gasteiger partial charge in [0.15, 0.2) is 0 Å². The van der Waals surface area contributed by atoms with Gasteiger partial charge >= 0.3 is 0 Å². The van der Waals surface area contributed by atoms with Crippen molar-refractivity contribution >= 4 is 11.8 Å². The van der Waals surface area contributed by atoms with Crippen molar-refractivity contribution in [2.24, 2.45) is 5.92 Å². The van der Waals surface area contributed by atoms with Gasteiger partial charge in [0.2, 0.25) is 5.91 Å². The largest absolute Gasteiger partial charge is 0.497 e. The molecule has 0 saturated carbocycles. The molecule has 1 fully saturated rings. The van der Waals surface area contributed by atoms with Crippen LogP contribution in [0.25, 0.3) is 0 Å². The van der Waals surface area contributed by atoms with E-state index >= 15 is 0 Å². The Hall–Kier alpha value is -2.86. The van der Waals surface area contributed by atoms with Crippen molar-refractivity contribution in [2.45, 2.75) is 38.1 Å². The fraction of sp³-hybridized carbons (Fsp3) is 0.481. The SMILES string of the molecule is COc1ccc([C@H]2[C@H](C(=O)NCCCN3CCC(C)CC3)c3ccccc3C(=O)N2C)cc1. The van der Waals surface area contributed by atoms with E-state index in [2.05, 4.69) is 17.1 Å². The standard InChI is InChI=1S/C27H35N3O3/c1-19-13-17-30(18-14-19)16-6-15-28-26(31)24-22-7-4-5-8-23(22)27(32)29(2)25(24)20-9-11-21(33-3)12-10-20/h4-5,7-12,19,24-25H,6,13-18H2,1-3H3,(H,28,31)/t24-,25+/m1/s1. The molecule has 2 atom stereocenters. The molecule has 2 heterocycles. The number of nitrogens with one attached hydrogen (secondary N) is 1. The maximum absolute atomic E-state index is 13.5. The first-order chi connectivity index (χ1) is 16.0. The summed E-state index contributed by atoms with van der Waals surface area (Å²) in [7, 11) is 3.41. The quantitative estimate of drug-likeness (QED) is 0.653. The van der Waals surface area contributed by atoms with Gasteiger partial charge in [0.1, 0.15) is 5.75 Å². The molecule has 2 aliphatic heterocycles. The van der Waals surface area contributed by atoms with Crippen LogP contribution >= 0.6 is 0 Å². The topological polar surface area (TPSA) is 61.9 Å². The lowest BCUT2D eigenvalue weighted by Crippen LogP contribution is -2.46. The third-order valence-corrected chi connectivity index (χ3v) is 7.15. The second-order valence-electron chi connectivity index (χ2n) is 9.37. The molecule has 0 spiro atoms. The van der Waals surface area contributed by atoms with Gasteiger partial charge in [-0.25, -0.2) is 0 Å². The molecular formula is C27H35N3O3. The second kappa shape index (κ2) is 10.4. The Morgan fingerprint density at radius 1 is 1.09 bits per heavy atom. The Balaban J connectivity index is 1.50. The molecule has 0 radical (unpaired) electrons. The van der Waals surface area contributed by atoms with Crippen LogP contribution in [0.3, 0.4) is 0 Å². The molecule has 1 saturated heterocycles. The van der Waals surface area contributed by atoms with Crippen LogP contribution in [0.5, 0.6) is 5.75 Å². The highest BCUT2D eigenvalue weighted by Crippen LogP contribution is 2.42. The Labute approximate surface area is 196 Å². The van der Waals surface area contributed by atoms with Crippen LogP contribution in [0.2, 0.25) is 0 Å². The van der Waals surface area contributed by atoms with Crippen LogP contribution in [0, 0.1) is 5.92 Å². The van der Waals surface area contributed by atoms with Gasteiger partial charge in [-0.1, -0.05) is 37.3 Å². The summed E-state index contributed by atoms with van der Waals surface area (Å²) < 4.78 is 5.29. The van der Waals surface area contributed by atoms with E-state index in [0.29, 0.717) is 12.1 Å². The summed E-state index contributed by atoms with van der Waals surface area (Å²) in [5, 5.41) is 3.17. The van der Waals surface area contributed by atoms with Gasteiger partial charge in [-0.2, -0.15) is 0 Å². The molecule has 4 rings (SSSR count). The minimum Gasteiger partial charge on any atom is -0.497 e. The van der Waals surface area contributed by atoms with Crippen LogP contribution in [0.4, 0.5) is 0 Å². The van der Waals surface area contributed by atoms with Gasteiger partial charge in [0.25, 0.3) is 5.91 Å². The predicted molar refractivity (Wildman–Crippen MR) is 129 cm³/mol. The smallest absolute Gasteiger partial charge is 0.254 e. The lowest BCUT2D eigenvalue weighted by atomic mass is 9.79. The number of rotatable bonds is 7. The Bertz CT molecular complexity index is 967. The average Bonchev–Trinajstić information content (AvgIpc) is 2.85. The van der Waals surface area contributed by atoms with E-state index in [1.54, 1.807) is 19.1 Å². The Morgan fingerprint density at radius 3 is 2.48 bits per heavy atom. The molecule has 176 valence electrons. The third kappa shape index (κ3) is 5.06. The number of likely N-dealkylation sites (tertiary alicyclic amines) is 1. The molecule has 0 unspecified atom stereocenters. The van der Waals surface area contributed by atoms with Crippen molar-refractivity contribution < 1.29 is 14.3 Å². The number of benzene rings is 2. The van der Waals surface area contributed by atoms with Crippen molar-refractivity contribution in [1.29, 1.82) is 0 Å². The summed E-state index contributed by atoms with van der Waals surface area (Å²) in [6.07, 6.45) is 3.45. The average molecular weight is 450 g/mol. The van der Waals surface area contributed by atoms with Crippen LogP contribution in [0.1, 0.15) is 59.6 Å². The number of fused-ring (bicyclic) bond motifs is 1. The molecule has 0 aliphatic carbocycles. The van der Waals surface area contributed by atoms with Gasteiger partial charge in [-0.3, -0.25) is 9.59 Å². The summed E-state index contributed by atoms with van der Waals surface area (Å²) in [5.74, 6) is 1.01. The molecular weight excluding hydrogens is 414 g/mol. The molecule has 0 bridgehead atoms. The summed E-state index contributed by atoms with van der Waals surface area (Å²) in [6, 6.07) is 14.8. The number of carbonyl (C=O) groups is 2. The fourth-order valence-corrected chi connectivity index (χ4v) is 5.08. The molecule has 33 heavy (non-hydrogen) atoms. The van der Waals surface area contributed by atoms with Crippen molar-refractivity contribution in [1.82, 2.24) is 15.1 Å². The zero-order valence-corrected chi connectivity index (χ0v) is 19.9. The first-order valence-corrected chi connectivity index (χ1v) is 12.0. The highest BCUT2D eigenvalue weighted by atomic mass is 16.5. The van der Waals surface area contributed by atoms with Crippen LogP contribution in [-0.2, 0) is 4.79 Å². The van der Waals surface area contributed by atoms with Crippen LogP contribution in [-0.4, -0.2) is 62.0 Å². The molecule has 2 aromatic carbocycles. The summed E-state index contributed by atoms with van der Waals surface area (Å²) in [6.45, 7) is 6.26. The number of likely N-dealkylation sites (N-methyl/N-ethyl adjacent to an activating group) is 1. The maximum Gasteiger partial charge on any atom is 0.254 e. The van der Waals surface area contributed by atoms with Gasteiger partial charge in [0, 0.05) is 19.2 Å². The number of hydrogen-bond acceptors (Lipinski definition) is 4. The molecule has 2 aliphatic rings. The molecule has 6 nitrogen and oxygen atoms in total. The van der Waals surface area contributed by atoms with E-state index in [0.717, 1.165) is 48.8 Å². The van der Waals surface area contributed by atoms with Crippen molar-refractivity contribution in [2.75, 3.05) is 40.3 Å². The summed E-state index contributed by atoms with van der Waals surface area (Å²) in [4.78, 5) is 30.8. The Morgan fingerprint density at radius 2 is 1.79 bits per heavy atom. The van der Waals surface area contributed by atoms with Gasteiger partial charge in [-0.05, 0) is 74.1 Å². The lowest BCUT2D eigenvalue weighted by Gasteiger charge is -2.39. The van der Waals surface area contributed by atoms with Crippen molar-refractivity contribution in [3.8, 4) is 5.75 Å². The molecule has 0 aromatic heterocycles. The van der Waals surface area contributed by atoms with Crippen LogP contribution < -0.4 is 10.1 Å². The molecule has 1 N–H and O–H groups in total. The highest BCUT2D eigenvalue weighted by Gasteiger charge is 2.42. The van der Waals surface area contributed by atoms with Crippen LogP contribution in [0.15, 0.2) is 48.5 Å². The number of amides is 2. The van der Waals surface area contributed by atoms with E-state index < -0.39 is 5.92 Å². The summed E-state index contributed by atoms with van der Waals surface area (Å²) >= 11 is 0. The van der Waals surface area contributed by atoms with Crippen molar-refractivity contribution in [3.63, 3.8) is 0 Å². The Kier molecular flexibility index (Phi) is 7.33. The zero-order chi connectivity index (χ0) is 23.4. The second-order valence-corrected chi connectivity index (χ2v) is 9.37. The van der Waals surface area contributed by atoms with E-state index in [-0.39, 0.29) is 17.9 Å². The maximum atomic E-state index is 13.5. The number of hydrogen-bond donors (Lipinski definition) is 1. The number of nitrogens with zero attached hydrogens (tertiary/aromatic N) is 2. The molecule has 2 amide bonds. The first-order valence-electron chi connectivity index (χ1n) is 12.0. The molecule has 2 aromatic rings. The zero-order valence-electron chi connectivity index (χ0n) is 19.9. The van der Waals surface area contributed by atoms with E-state index in [1.807, 2.05) is 48.5 Å². The van der Waals surface area contributed by atoms with Gasteiger partial charge in [-0.15, -0.1) is 0 Å². The number of ether oxygens (including phenoxy) is 1. The summed E-state index contributed by atoms with van der Waals surface area (Å²) in [5.41, 5.74) is 2.32. The van der Waals surface area contributed by atoms with E-state index in [9.17, 15) is 9.59 Å². The van der Waals surface area contributed by atoms with E-state index in [1.165, 1.54) is 12.8 Å². The minimum absolute atomic E-state index is 0.0325. The minimum atomic E-state index is -0.465. The predicted octanol–water partition coefficient (Wildman–Crippen LogP) is 3.84. The monoisotopic (exact) mass is 449 g/mol. The molecule has 6 heteroatoms. The third-order valence-electron chi connectivity index (χ3n) is 7.15. The lowest BCUT2D eigenvalue weighted by molar-refractivity contribution is -0.124. The van der Waals surface area contributed by atoms with E-state index in [4.69, 9.17) is 4.74 Å². The first kappa shape index (κ1) is 23.3. The number of piperidine rings is 1. The number of methoxy groups -OCH3 is 1.